The van der Waals surface area contributed by atoms with Gasteiger partial charge in [0.15, 0.2) is 11.5 Å². The summed E-state index contributed by atoms with van der Waals surface area (Å²) >= 11 is 0. The van der Waals surface area contributed by atoms with Crippen molar-refractivity contribution >= 4 is 17.4 Å². The summed E-state index contributed by atoms with van der Waals surface area (Å²) in [5, 5.41) is 11.0. The van der Waals surface area contributed by atoms with Crippen molar-refractivity contribution in [2.75, 3.05) is 14.2 Å². The van der Waals surface area contributed by atoms with E-state index in [1.807, 2.05) is 0 Å². The van der Waals surface area contributed by atoms with E-state index in [-0.39, 0.29) is 17.7 Å². The van der Waals surface area contributed by atoms with Gasteiger partial charge in [0.05, 0.1) is 38.6 Å². The molecular formula is C24H20FNO6. The minimum absolute atomic E-state index is 0.0107. The second-order valence-corrected chi connectivity index (χ2v) is 7.13. The van der Waals surface area contributed by atoms with Gasteiger partial charge in [0, 0.05) is 5.56 Å². The Morgan fingerprint density at radius 1 is 1.06 bits per heavy atom. The number of likely N-dealkylation sites (tertiary alicyclic amines) is 1. The second-order valence-electron chi connectivity index (χ2n) is 7.13. The summed E-state index contributed by atoms with van der Waals surface area (Å²) in [5.41, 5.74) is 0.630. The molecule has 3 aromatic rings. The Kier molecular flexibility index (Phi) is 5.68. The van der Waals surface area contributed by atoms with E-state index in [2.05, 4.69) is 0 Å². The van der Waals surface area contributed by atoms with Crippen LogP contribution in [0.2, 0.25) is 0 Å². The molecule has 0 bridgehead atoms. The average Bonchev–Trinajstić information content (AvgIpc) is 3.41. The minimum atomic E-state index is -0.926. The number of Topliss-reactive ketones (excluding diaryl/α,β-unsaturated/α-hetero) is 1. The van der Waals surface area contributed by atoms with Crippen molar-refractivity contribution < 1.29 is 33.0 Å². The molecule has 1 aromatic heterocycles. The highest BCUT2D eigenvalue weighted by molar-refractivity contribution is 6.46. The predicted molar refractivity (Wildman–Crippen MR) is 113 cm³/mol. The number of carbonyl (C=O) groups is 2. The first-order chi connectivity index (χ1) is 15.4. The molecular weight excluding hydrogens is 417 g/mol. The maximum atomic E-state index is 13.4. The topological polar surface area (TPSA) is 89.2 Å². The largest absolute Gasteiger partial charge is 0.507 e. The minimum Gasteiger partial charge on any atom is -0.507 e. The molecule has 1 atom stereocenters. The Morgan fingerprint density at radius 3 is 2.41 bits per heavy atom. The lowest BCUT2D eigenvalue weighted by Crippen LogP contribution is -2.29. The molecule has 0 spiro atoms. The van der Waals surface area contributed by atoms with Gasteiger partial charge in [0.1, 0.15) is 17.3 Å². The van der Waals surface area contributed by atoms with E-state index in [1.165, 1.54) is 49.6 Å². The van der Waals surface area contributed by atoms with E-state index in [9.17, 15) is 19.1 Å². The Morgan fingerprint density at radius 2 is 1.78 bits per heavy atom. The maximum Gasteiger partial charge on any atom is 0.296 e. The van der Waals surface area contributed by atoms with Crippen LogP contribution in [0, 0.1) is 5.82 Å². The summed E-state index contributed by atoms with van der Waals surface area (Å²) in [6.45, 7) is 0.0107. The van der Waals surface area contributed by atoms with E-state index in [0.717, 1.165) is 0 Å². The number of aliphatic hydroxyl groups is 1. The summed E-state index contributed by atoms with van der Waals surface area (Å²) in [6, 6.07) is 12.4. The first-order valence-corrected chi connectivity index (χ1v) is 9.73. The van der Waals surface area contributed by atoms with Gasteiger partial charge in [-0.3, -0.25) is 9.59 Å². The number of nitrogens with zero attached hydrogens (tertiary/aromatic N) is 1. The molecule has 164 valence electrons. The Hall–Kier alpha value is -4.07. The molecule has 1 N–H and O–H groups in total. The third kappa shape index (κ3) is 3.71. The number of rotatable bonds is 6. The number of methoxy groups -OCH3 is 2. The first-order valence-electron chi connectivity index (χ1n) is 9.73. The fourth-order valence-electron chi connectivity index (χ4n) is 3.75. The zero-order valence-electron chi connectivity index (χ0n) is 17.4. The monoisotopic (exact) mass is 437 g/mol. The summed E-state index contributed by atoms with van der Waals surface area (Å²) in [5.74, 6) is -1.18. The highest BCUT2D eigenvalue weighted by atomic mass is 19.1. The van der Waals surface area contributed by atoms with Crippen molar-refractivity contribution in [3.8, 4) is 11.5 Å². The van der Waals surface area contributed by atoms with Gasteiger partial charge in [-0.15, -0.1) is 0 Å². The molecule has 2 heterocycles. The van der Waals surface area contributed by atoms with Crippen molar-refractivity contribution in [2.24, 2.45) is 0 Å². The molecule has 2 aromatic carbocycles. The smallest absolute Gasteiger partial charge is 0.296 e. The molecule has 1 fully saturated rings. The number of halogens is 1. The van der Waals surface area contributed by atoms with E-state index in [0.29, 0.717) is 22.8 Å². The molecule has 1 saturated heterocycles. The lowest BCUT2D eigenvalue weighted by atomic mass is 9.95. The van der Waals surface area contributed by atoms with Gasteiger partial charge in [0.25, 0.3) is 11.7 Å². The highest BCUT2D eigenvalue weighted by Gasteiger charge is 2.46. The van der Waals surface area contributed by atoms with Crippen molar-refractivity contribution in [3.05, 3.63) is 89.1 Å². The molecule has 4 rings (SSSR count). The summed E-state index contributed by atoms with van der Waals surface area (Å²) in [4.78, 5) is 27.3. The molecule has 0 saturated carbocycles. The lowest BCUT2D eigenvalue weighted by molar-refractivity contribution is -0.140. The maximum absolute atomic E-state index is 13.4. The van der Waals surface area contributed by atoms with Crippen LogP contribution >= 0.6 is 0 Å². The molecule has 1 aliphatic heterocycles. The van der Waals surface area contributed by atoms with Gasteiger partial charge in [-0.2, -0.15) is 0 Å². The average molecular weight is 437 g/mol. The van der Waals surface area contributed by atoms with Gasteiger partial charge >= 0.3 is 0 Å². The molecule has 7 nitrogen and oxygen atoms in total. The standard InChI is InChI=1S/C24H20FNO6/c1-30-18-10-7-15(12-19(18)31-2)21-20(22(27)14-5-8-16(25)9-6-14)23(28)24(29)26(21)13-17-4-3-11-32-17/h3-12,21,27H,13H2,1-2H3. The highest BCUT2D eigenvalue weighted by Crippen LogP contribution is 2.42. The molecule has 1 amide bonds. The predicted octanol–water partition coefficient (Wildman–Crippen LogP) is 4.06. The fraction of sp³-hybridized carbons (Fsp3) is 0.167. The molecule has 0 radical (unpaired) electrons. The number of carbonyl (C=O) groups excluding carboxylic acids is 2. The Bertz CT molecular complexity index is 1180. The van der Waals surface area contributed by atoms with E-state index < -0.39 is 29.3 Å². The van der Waals surface area contributed by atoms with Crippen LogP contribution in [0.4, 0.5) is 4.39 Å². The summed E-state index contributed by atoms with van der Waals surface area (Å²) in [7, 11) is 2.97. The second kappa shape index (κ2) is 8.58. The van der Waals surface area contributed by atoms with Gasteiger partial charge < -0.3 is 23.9 Å². The van der Waals surface area contributed by atoms with Crippen LogP contribution in [-0.4, -0.2) is 35.9 Å². The SMILES string of the molecule is COc1ccc(C2C(=C(O)c3ccc(F)cc3)C(=O)C(=O)N2Cc2ccco2)cc1OC. The van der Waals surface area contributed by atoms with Crippen LogP contribution in [0.5, 0.6) is 11.5 Å². The third-order valence-electron chi connectivity index (χ3n) is 5.29. The van der Waals surface area contributed by atoms with Crippen LogP contribution in [0.1, 0.15) is 22.9 Å². The van der Waals surface area contributed by atoms with Crippen LogP contribution in [-0.2, 0) is 16.1 Å². The number of aliphatic hydroxyl groups excluding tert-OH is 1. The quantitative estimate of drug-likeness (QED) is 0.355. The molecule has 1 unspecified atom stereocenters. The van der Waals surface area contributed by atoms with Gasteiger partial charge in [-0.25, -0.2) is 4.39 Å². The number of furan rings is 1. The van der Waals surface area contributed by atoms with Crippen LogP contribution in [0.15, 0.2) is 70.9 Å². The normalized spacial score (nSPS) is 17.6. The number of ketones is 1. The van der Waals surface area contributed by atoms with E-state index in [1.54, 1.807) is 30.3 Å². The van der Waals surface area contributed by atoms with Crippen LogP contribution < -0.4 is 9.47 Å². The fourth-order valence-corrected chi connectivity index (χ4v) is 3.75. The Labute approximate surface area is 183 Å². The van der Waals surface area contributed by atoms with Crippen LogP contribution in [0.25, 0.3) is 5.76 Å². The van der Waals surface area contributed by atoms with Crippen molar-refractivity contribution in [3.63, 3.8) is 0 Å². The first kappa shape index (κ1) is 21.2. The zero-order chi connectivity index (χ0) is 22.8. The summed E-state index contributed by atoms with van der Waals surface area (Å²) in [6.07, 6.45) is 1.47. The van der Waals surface area contributed by atoms with Gasteiger partial charge in [0.2, 0.25) is 0 Å². The molecule has 32 heavy (non-hydrogen) atoms. The van der Waals surface area contributed by atoms with Gasteiger partial charge in [-0.05, 0) is 54.1 Å². The van der Waals surface area contributed by atoms with Gasteiger partial charge in [-0.1, -0.05) is 6.07 Å². The number of hydrogen-bond donors (Lipinski definition) is 1. The van der Waals surface area contributed by atoms with E-state index >= 15 is 0 Å². The van der Waals surface area contributed by atoms with Crippen molar-refractivity contribution in [2.45, 2.75) is 12.6 Å². The number of ether oxygens (including phenoxy) is 2. The zero-order valence-corrected chi connectivity index (χ0v) is 17.4. The van der Waals surface area contributed by atoms with Crippen molar-refractivity contribution in [1.82, 2.24) is 4.90 Å². The van der Waals surface area contributed by atoms with Crippen LogP contribution in [0.3, 0.4) is 0 Å². The van der Waals surface area contributed by atoms with Crippen molar-refractivity contribution in [1.29, 1.82) is 0 Å². The third-order valence-corrected chi connectivity index (χ3v) is 5.29. The lowest BCUT2D eigenvalue weighted by Gasteiger charge is -2.25. The molecule has 8 heteroatoms. The summed E-state index contributed by atoms with van der Waals surface area (Å²) < 4.78 is 29.4. The number of benzene rings is 2. The number of amides is 1. The molecule has 1 aliphatic rings. The molecule has 0 aliphatic carbocycles. The number of hydrogen-bond acceptors (Lipinski definition) is 6. The Balaban J connectivity index is 1.89. The van der Waals surface area contributed by atoms with E-state index in [4.69, 9.17) is 13.9 Å².